The summed E-state index contributed by atoms with van der Waals surface area (Å²) in [5, 5.41) is 10.4. The molecule has 44 valence electrons. The average Bonchev–Trinajstić information content (AvgIpc) is 1.68. The van der Waals surface area contributed by atoms with Crippen LogP contribution in [-0.2, 0) is 8.85 Å². The first-order chi connectivity index (χ1) is 3.12. The Labute approximate surface area is 43.8 Å². The molecule has 0 amide bonds. The second-order valence-corrected chi connectivity index (χ2v) is 3.39. The minimum Gasteiger partial charge on any atom is -0.374 e. The van der Waals surface area contributed by atoms with Crippen LogP contribution in [0.5, 0.6) is 0 Å². The smallest absolute Gasteiger partial charge is 0.374 e. The van der Waals surface area contributed by atoms with Crippen LogP contribution in [0.4, 0.5) is 0 Å². The van der Waals surface area contributed by atoms with E-state index in [0.29, 0.717) is 0 Å². The fourth-order valence-electron chi connectivity index (χ4n) is 0.0833. The lowest BCUT2D eigenvalue weighted by Gasteiger charge is -2.13. The van der Waals surface area contributed by atoms with Gasteiger partial charge in [0.2, 0.25) is 0 Å². The Morgan fingerprint density at radius 1 is 1.14 bits per heavy atom. The van der Waals surface area contributed by atoms with Gasteiger partial charge in [-0.15, -0.1) is 0 Å². The van der Waals surface area contributed by atoms with Crippen molar-refractivity contribution in [2.24, 2.45) is 10.8 Å². The predicted octanol–water partition coefficient (Wildman–Crippen LogP) is -1.37. The molecular formula is C2H10N2O2Si. The minimum atomic E-state index is -2.65. The van der Waals surface area contributed by atoms with Crippen LogP contribution in [0.15, 0.2) is 0 Å². The zero-order valence-electron chi connectivity index (χ0n) is 4.47. The Morgan fingerprint density at radius 2 is 1.43 bits per heavy atom. The van der Waals surface area contributed by atoms with Crippen molar-refractivity contribution in [3.63, 3.8) is 0 Å². The fourth-order valence-corrected chi connectivity index (χ4v) is 0.250. The largest absolute Gasteiger partial charge is 0.510 e. The van der Waals surface area contributed by atoms with E-state index < -0.39 is 8.88 Å². The first-order valence-electron chi connectivity index (χ1n) is 1.80. The molecule has 4 N–H and O–H groups in total. The fraction of sp³-hybridized carbons (Fsp3) is 1.00. The molecule has 0 bridgehead atoms. The van der Waals surface area contributed by atoms with Crippen molar-refractivity contribution in [1.82, 2.24) is 0 Å². The van der Waals surface area contributed by atoms with Gasteiger partial charge in [0.25, 0.3) is 0 Å². The quantitative estimate of drug-likeness (QED) is 0.443. The lowest BCUT2D eigenvalue weighted by molar-refractivity contribution is 0.245. The number of hydrogen-bond acceptors (Lipinski definition) is 4. The Bertz CT molecular complexity index is 51.7. The van der Waals surface area contributed by atoms with Gasteiger partial charge in [-0.3, -0.25) is 10.8 Å². The number of nitrogens with two attached hydrogens (primary N) is 2. The van der Waals surface area contributed by atoms with Crippen molar-refractivity contribution in [2.75, 3.05) is 14.2 Å². The van der Waals surface area contributed by atoms with E-state index in [1.54, 1.807) is 0 Å². The van der Waals surface area contributed by atoms with Gasteiger partial charge in [0, 0.05) is 14.2 Å². The molecule has 0 spiro atoms. The molecule has 0 aliphatic heterocycles. The summed E-state index contributed by atoms with van der Waals surface area (Å²) in [4.78, 5) is 0. The summed E-state index contributed by atoms with van der Waals surface area (Å²) < 4.78 is 9.12. The molecule has 0 aliphatic carbocycles. The van der Waals surface area contributed by atoms with E-state index in [1.807, 2.05) is 0 Å². The highest BCUT2D eigenvalue weighted by Gasteiger charge is 2.23. The molecule has 0 fully saturated rings. The monoisotopic (exact) mass is 122 g/mol. The topological polar surface area (TPSA) is 70.5 Å². The molecule has 0 unspecified atom stereocenters. The van der Waals surface area contributed by atoms with E-state index in [0.717, 1.165) is 0 Å². The second-order valence-electron chi connectivity index (χ2n) is 1.13. The van der Waals surface area contributed by atoms with Gasteiger partial charge in [-0.25, -0.2) is 0 Å². The summed E-state index contributed by atoms with van der Waals surface area (Å²) in [5.74, 6) is 0. The predicted molar refractivity (Wildman–Crippen MR) is 28.1 cm³/mol. The Morgan fingerprint density at radius 3 is 1.43 bits per heavy atom. The molecule has 0 aliphatic rings. The van der Waals surface area contributed by atoms with Crippen LogP contribution in [0.25, 0.3) is 0 Å². The third kappa shape index (κ3) is 2.72. The molecule has 5 heteroatoms. The first kappa shape index (κ1) is 7.06. The zero-order chi connectivity index (χ0) is 5.91. The van der Waals surface area contributed by atoms with Gasteiger partial charge in [-0.05, 0) is 0 Å². The maximum atomic E-state index is 5.19. The molecule has 0 heterocycles. The summed E-state index contributed by atoms with van der Waals surface area (Å²) in [6, 6.07) is 0. The van der Waals surface area contributed by atoms with Crippen LogP contribution in [0.1, 0.15) is 0 Å². The van der Waals surface area contributed by atoms with Crippen LogP contribution in [0.3, 0.4) is 0 Å². The van der Waals surface area contributed by atoms with Crippen LogP contribution >= 0.6 is 0 Å². The first-order valence-corrected chi connectivity index (χ1v) is 3.77. The zero-order valence-corrected chi connectivity index (χ0v) is 5.47. The third-order valence-electron chi connectivity index (χ3n) is 0.638. The van der Waals surface area contributed by atoms with Crippen LogP contribution in [0.2, 0.25) is 0 Å². The summed E-state index contributed by atoms with van der Waals surface area (Å²) in [7, 11) is 0.201. The number of rotatable bonds is 2. The van der Waals surface area contributed by atoms with Crippen LogP contribution < -0.4 is 10.8 Å². The number of hydrogen-bond donors (Lipinski definition) is 2. The highest BCUT2D eigenvalue weighted by Crippen LogP contribution is 1.80. The molecular weight excluding hydrogens is 112 g/mol. The minimum absolute atomic E-state index is 1.43. The van der Waals surface area contributed by atoms with E-state index in [4.69, 9.17) is 10.8 Å². The van der Waals surface area contributed by atoms with Gasteiger partial charge in [0.05, 0.1) is 0 Å². The molecule has 4 nitrogen and oxygen atoms in total. The van der Waals surface area contributed by atoms with Crippen LogP contribution in [-0.4, -0.2) is 23.1 Å². The maximum absolute atomic E-state index is 5.19. The Hall–Kier alpha value is 0.0569. The van der Waals surface area contributed by atoms with Crippen molar-refractivity contribution in [2.45, 2.75) is 0 Å². The second kappa shape index (κ2) is 2.39. The molecule has 0 aromatic carbocycles. The molecule has 0 rings (SSSR count). The van der Waals surface area contributed by atoms with E-state index in [1.165, 1.54) is 14.2 Å². The summed E-state index contributed by atoms with van der Waals surface area (Å²) in [6.45, 7) is 0. The van der Waals surface area contributed by atoms with E-state index in [2.05, 4.69) is 8.85 Å². The Balaban J connectivity index is 3.36. The normalized spacial score (nSPS) is 12.0. The SMILES string of the molecule is CO[Si](N)(N)OC. The van der Waals surface area contributed by atoms with Gasteiger partial charge in [-0.1, -0.05) is 0 Å². The standard InChI is InChI=1S/C2H10N2O2Si/c1-5-7(3,4)6-2/h3-4H2,1-2H3. The third-order valence-corrected chi connectivity index (χ3v) is 1.91. The molecule has 0 saturated carbocycles. The van der Waals surface area contributed by atoms with Gasteiger partial charge < -0.3 is 8.85 Å². The van der Waals surface area contributed by atoms with Crippen molar-refractivity contribution in [1.29, 1.82) is 0 Å². The van der Waals surface area contributed by atoms with E-state index in [9.17, 15) is 0 Å². The molecule has 0 aromatic heterocycles. The lowest BCUT2D eigenvalue weighted by Crippen LogP contribution is -2.60. The molecule has 0 saturated heterocycles. The highest BCUT2D eigenvalue weighted by molar-refractivity contribution is 6.60. The van der Waals surface area contributed by atoms with Gasteiger partial charge >= 0.3 is 8.88 Å². The van der Waals surface area contributed by atoms with Crippen molar-refractivity contribution < 1.29 is 8.85 Å². The van der Waals surface area contributed by atoms with Crippen LogP contribution in [0, 0.1) is 0 Å². The summed E-state index contributed by atoms with van der Waals surface area (Å²) >= 11 is 0. The molecule has 0 aromatic rings. The van der Waals surface area contributed by atoms with Crippen molar-refractivity contribution >= 4 is 8.88 Å². The van der Waals surface area contributed by atoms with Gasteiger partial charge in [0.1, 0.15) is 0 Å². The van der Waals surface area contributed by atoms with Crippen molar-refractivity contribution in [3.05, 3.63) is 0 Å². The Kier molecular flexibility index (Phi) is 2.41. The highest BCUT2D eigenvalue weighted by atomic mass is 28.4. The molecule has 0 atom stereocenters. The van der Waals surface area contributed by atoms with Crippen molar-refractivity contribution in [3.8, 4) is 0 Å². The average molecular weight is 122 g/mol. The molecule has 7 heavy (non-hydrogen) atoms. The van der Waals surface area contributed by atoms with Gasteiger partial charge in [-0.2, -0.15) is 0 Å². The maximum Gasteiger partial charge on any atom is 0.510 e. The van der Waals surface area contributed by atoms with Gasteiger partial charge in [0.15, 0.2) is 0 Å². The molecule has 0 radical (unpaired) electrons. The lowest BCUT2D eigenvalue weighted by atomic mass is 11.8. The summed E-state index contributed by atoms with van der Waals surface area (Å²) in [5.41, 5.74) is 0. The van der Waals surface area contributed by atoms with E-state index >= 15 is 0 Å². The van der Waals surface area contributed by atoms with E-state index in [-0.39, 0.29) is 0 Å². The summed E-state index contributed by atoms with van der Waals surface area (Å²) in [6.07, 6.45) is 0.